The fraction of sp³-hybridized carbons (Fsp3) is 0.417. The minimum absolute atomic E-state index is 0.0342. The van der Waals surface area contributed by atoms with Crippen LogP contribution in [0.1, 0.15) is 74.0 Å². The molecule has 4 nitrogen and oxygen atoms in total. The van der Waals surface area contributed by atoms with Crippen molar-refractivity contribution < 1.29 is 19.1 Å². The van der Waals surface area contributed by atoms with E-state index in [1.807, 2.05) is 12.1 Å². The highest BCUT2D eigenvalue weighted by Crippen LogP contribution is 2.46. The summed E-state index contributed by atoms with van der Waals surface area (Å²) in [5.41, 5.74) is 1.17. The molecule has 29 heavy (non-hydrogen) atoms. The van der Waals surface area contributed by atoms with Gasteiger partial charge in [0.1, 0.15) is 5.82 Å². The van der Waals surface area contributed by atoms with Crippen molar-refractivity contribution >= 4 is 17.4 Å². The van der Waals surface area contributed by atoms with Gasteiger partial charge in [0.2, 0.25) is 0 Å². The molecule has 152 valence electrons. The van der Waals surface area contributed by atoms with Gasteiger partial charge in [-0.15, -0.1) is 0 Å². The molecule has 1 heterocycles. The summed E-state index contributed by atoms with van der Waals surface area (Å²) in [5.74, 6) is -1.61. The fourth-order valence-corrected chi connectivity index (χ4v) is 4.59. The lowest BCUT2D eigenvalue weighted by molar-refractivity contribution is -0.133. The van der Waals surface area contributed by atoms with Crippen molar-refractivity contribution in [3.63, 3.8) is 0 Å². The average Bonchev–Trinajstić information content (AvgIpc) is 2.89. The van der Waals surface area contributed by atoms with E-state index < -0.39 is 23.7 Å². The van der Waals surface area contributed by atoms with E-state index in [9.17, 15) is 19.1 Å². The van der Waals surface area contributed by atoms with Crippen LogP contribution in [-0.4, -0.2) is 16.8 Å². The number of hydrogen-bond acceptors (Lipinski definition) is 3. The van der Waals surface area contributed by atoms with Crippen LogP contribution in [0.25, 0.3) is 0 Å². The molecule has 5 heteroatoms. The predicted molar refractivity (Wildman–Crippen MR) is 110 cm³/mol. The zero-order chi connectivity index (χ0) is 21.2. The van der Waals surface area contributed by atoms with Crippen LogP contribution in [0.2, 0.25) is 0 Å². The highest BCUT2D eigenvalue weighted by molar-refractivity contribution is 6.09. The first-order chi connectivity index (χ1) is 13.4. The third kappa shape index (κ3) is 3.08. The number of aliphatic hydroxyl groups is 1. The average molecular weight is 395 g/mol. The molecule has 4 rings (SSSR count). The van der Waals surface area contributed by atoms with Crippen LogP contribution >= 0.6 is 0 Å². The van der Waals surface area contributed by atoms with Crippen LogP contribution in [0.5, 0.6) is 0 Å². The summed E-state index contributed by atoms with van der Waals surface area (Å²) in [5, 5.41) is 13.5. The van der Waals surface area contributed by atoms with Crippen molar-refractivity contribution in [3.8, 4) is 0 Å². The topological polar surface area (TPSA) is 66.4 Å². The van der Waals surface area contributed by atoms with Gasteiger partial charge in [-0.1, -0.05) is 39.8 Å². The molecular formula is C24H26FNO3. The molecule has 0 fully saturated rings. The van der Waals surface area contributed by atoms with E-state index in [4.69, 9.17) is 0 Å². The standard InChI is InChI=1S/C24H26FNO3/c1-22(2)9-10-23(3,4)17-11-14(5-7-16(17)22)20(27)13-24(29)18-12-15(25)6-8-19(18)26-21(24)28/h5-8,11-12,29H,9-10,13H2,1-4H3,(H,26,28). The molecule has 1 unspecified atom stereocenters. The molecule has 1 atom stereocenters. The van der Waals surface area contributed by atoms with Gasteiger partial charge in [-0.05, 0) is 59.1 Å². The SMILES string of the molecule is CC1(C)CCC(C)(C)c2cc(C(=O)CC3(O)C(=O)Nc4ccc(F)cc43)ccc21. The summed E-state index contributed by atoms with van der Waals surface area (Å²) in [4.78, 5) is 25.5. The number of halogens is 1. The van der Waals surface area contributed by atoms with Gasteiger partial charge in [-0.25, -0.2) is 4.39 Å². The van der Waals surface area contributed by atoms with Gasteiger partial charge in [0.05, 0.1) is 6.42 Å². The number of rotatable bonds is 3. The monoisotopic (exact) mass is 395 g/mol. The Kier molecular flexibility index (Phi) is 4.25. The highest BCUT2D eigenvalue weighted by atomic mass is 19.1. The Bertz CT molecular complexity index is 1040. The van der Waals surface area contributed by atoms with Crippen molar-refractivity contribution in [2.45, 2.75) is 63.4 Å². The highest BCUT2D eigenvalue weighted by Gasteiger charge is 2.47. The Morgan fingerprint density at radius 1 is 1.00 bits per heavy atom. The second-order valence-electron chi connectivity index (χ2n) is 9.63. The number of Topliss-reactive ketones (excluding diaryl/α,β-unsaturated/α-hetero) is 1. The molecule has 0 saturated carbocycles. The maximum Gasteiger partial charge on any atom is 0.261 e. The van der Waals surface area contributed by atoms with E-state index in [0.717, 1.165) is 24.5 Å². The van der Waals surface area contributed by atoms with Crippen LogP contribution < -0.4 is 5.32 Å². The summed E-state index contributed by atoms with van der Waals surface area (Å²) < 4.78 is 13.7. The molecule has 2 aromatic rings. The summed E-state index contributed by atoms with van der Waals surface area (Å²) in [7, 11) is 0. The number of anilines is 1. The van der Waals surface area contributed by atoms with Gasteiger partial charge in [0.25, 0.3) is 5.91 Å². The molecule has 2 N–H and O–H groups in total. The van der Waals surface area contributed by atoms with E-state index in [0.29, 0.717) is 11.3 Å². The van der Waals surface area contributed by atoms with Crippen molar-refractivity contribution in [1.29, 1.82) is 0 Å². The van der Waals surface area contributed by atoms with Crippen molar-refractivity contribution in [3.05, 3.63) is 64.5 Å². The minimum Gasteiger partial charge on any atom is -0.375 e. The van der Waals surface area contributed by atoms with Crippen molar-refractivity contribution in [2.24, 2.45) is 0 Å². The lowest BCUT2D eigenvalue weighted by Crippen LogP contribution is -2.37. The molecule has 1 aliphatic heterocycles. The van der Waals surface area contributed by atoms with Gasteiger partial charge in [0, 0.05) is 16.8 Å². The van der Waals surface area contributed by atoms with E-state index in [1.165, 1.54) is 17.7 Å². The number of fused-ring (bicyclic) bond motifs is 2. The predicted octanol–water partition coefficient (Wildman–Crippen LogP) is 4.59. The first-order valence-corrected chi connectivity index (χ1v) is 9.96. The number of ketones is 1. The maximum atomic E-state index is 13.7. The molecule has 2 aromatic carbocycles. The number of nitrogens with one attached hydrogen (secondary N) is 1. The summed E-state index contributed by atoms with van der Waals surface area (Å²) in [6.45, 7) is 8.76. The number of benzene rings is 2. The van der Waals surface area contributed by atoms with E-state index in [-0.39, 0.29) is 22.2 Å². The van der Waals surface area contributed by atoms with Gasteiger partial charge in [-0.2, -0.15) is 0 Å². The number of carbonyl (C=O) groups excluding carboxylic acids is 2. The van der Waals surface area contributed by atoms with E-state index in [1.54, 1.807) is 6.07 Å². The second-order valence-corrected chi connectivity index (χ2v) is 9.63. The number of carbonyl (C=O) groups is 2. The van der Waals surface area contributed by atoms with Gasteiger partial charge in [-0.3, -0.25) is 9.59 Å². The molecule has 1 amide bonds. The van der Waals surface area contributed by atoms with E-state index >= 15 is 0 Å². The first-order valence-electron chi connectivity index (χ1n) is 9.96. The summed E-state index contributed by atoms with van der Waals surface area (Å²) >= 11 is 0. The minimum atomic E-state index is -2.07. The summed E-state index contributed by atoms with van der Waals surface area (Å²) in [6, 6.07) is 9.39. The Morgan fingerprint density at radius 3 is 2.34 bits per heavy atom. The molecule has 2 aliphatic rings. The van der Waals surface area contributed by atoms with Crippen molar-refractivity contribution in [1.82, 2.24) is 0 Å². The Labute approximate surface area is 170 Å². The first kappa shape index (κ1) is 19.8. The van der Waals surface area contributed by atoms with Crippen LogP contribution in [0, 0.1) is 5.82 Å². The van der Waals surface area contributed by atoms with Crippen molar-refractivity contribution in [2.75, 3.05) is 5.32 Å². The number of amides is 1. The Morgan fingerprint density at radius 2 is 1.66 bits per heavy atom. The van der Waals surface area contributed by atoms with Crippen LogP contribution in [0.15, 0.2) is 36.4 Å². The quantitative estimate of drug-likeness (QED) is 0.747. The molecule has 0 spiro atoms. The fourth-order valence-electron chi connectivity index (χ4n) is 4.59. The molecule has 1 aliphatic carbocycles. The summed E-state index contributed by atoms with van der Waals surface area (Å²) in [6.07, 6.45) is 1.66. The van der Waals surface area contributed by atoms with Crippen LogP contribution in [0.4, 0.5) is 10.1 Å². The molecule has 0 aromatic heterocycles. The normalized spacial score (nSPS) is 23.9. The number of hydrogen-bond donors (Lipinski definition) is 2. The Hall–Kier alpha value is -2.53. The largest absolute Gasteiger partial charge is 0.375 e. The third-order valence-electron chi connectivity index (χ3n) is 6.64. The lowest BCUT2D eigenvalue weighted by atomic mass is 9.63. The maximum absolute atomic E-state index is 13.7. The van der Waals surface area contributed by atoms with Crippen LogP contribution in [0.3, 0.4) is 0 Å². The molecule has 0 radical (unpaired) electrons. The van der Waals surface area contributed by atoms with Gasteiger partial charge in [0.15, 0.2) is 11.4 Å². The molecule has 0 bridgehead atoms. The van der Waals surface area contributed by atoms with E-state index in [2.05, 4.69) is 33.0 Å². The second kappa shape index (κ2) is 6.23. The van der Waals surface area contributed by atoms with Crippen LogP contribution in [-0.2, 0) is 21.2 Å². The zero-order valence-corrected chi connectivity index (χ0v) is 17.2. The lowest BCUT2D eigenvalue weighted by Gasteiger charge is -2.42. The van der Waals surface area contributed by atoms with Gasteiger partial charge >= 0.3 is 0 Å². The smallest absolute Gasteiger partial charge is 0.261 e. The van der Waals surface area contributed by atoms with Gasteiger partial charge < -0.3 is 10.4 Å². The third-order valence-corrected chi connectivity index (χ3v) is 6.64. The Balaban J connectivity index is 1.70. The molecular weight excluding hydrogens is 369 g/mol. The molecule has 0 saturated heterocycles. The zero-order valence-electron chi connectivity index (χ0n) is 17.2.